The highest BCUT2D eigenvalue weighted by Gasteiger charge is 2.06. The summed E-state index contributed by atoms with van der Waals surface area (Å²) in [6.07, 6.45) is 0. The average molecular weight is 365 g/mol. The van der Waals surface area contributed by atoms with Gasteiger partial charge in [0.1, 0.15) is 11.5 Å². The van der Waals surface area contributed by atoms with Crippen LogP contribution < -0.4 is 10.1 Å². The van der Waals surface area contributed by atoms with E-state index in [1.54, 1.807) is 0 Å². The minimum Gasteiger partial charge on any atom is -0.457 e. The molecule has 0 heterocycles. The smallest absolute Gasteiger partial charge is 0.130 e. The van der Waals surface area contributed by atoms with Crippen molar-refractivity contribution in [2.75, 3.05) is 0 Å². The molecule has 0 aliphatic rings. The van der Waals surface area contributed by atoms with Crippen LogP contribution in [0.2, 0.25) is 0 Å². The van der Waals surface area contributed by atoms with Crippen molar-refractivity contribution in [2.45, 2.75) is 33.1 Å². The number of rotatable bonds is 6. The molecule has 26 heavy (non-hydrogen) atoms. The SMILES string of the molecule is CC.Cc1ccccc1Oc1ccc(C(P)NCc2ccccc2)cc1. The maximum absolute atomic E-state index is 5.95. The molecule has 0 aliphatic heterocycles. The third-order valence-electron chi connectivity index (χ3n) is 3.93. The molecule has 1 N–H and O–H groups in total. The molecule has 0 spiro atoms. The fourth-order valence-corrected chi connectivity index (χ4v) is 2.82. The van der Waals surface area contributed by atoms with Gasteiger partial charge < -0.3 is 10.1 Å². The molecule has 2 atom stereocenters. The van der Waals surface area contributed by atoms with Gasteiger partial charge in [-0.3, -0.25) is 0 Å². The summed E-state index contributed by atoms with van der Waals surface area (Å²) in [5, 5.41) is 3.52. The largest absolute Gasteiger partial charge is 0.457 e. The highest BCUT2D eigenvalue weighted by atomic mass is 31.0. The molecule has 0 bridgehead atoms. The van der Waals surface area contributed by atoms with E-state index in [4.69, 9.17) is 4.74 Å². The molecule has 3 aromatic carbocycles. The lowest BCUT2D eigenvalue weighted by Crippen LogP contribution is -2.15. The molecule has 3 aromatic rings. The van der Waals surface area contributed by atoms with Crippen molar-refractivity contribution in [3.05, 3.63) is 95.6 Å². The molecule has 0 amide bonds. The van der Waals surface area contributed by atoms with Gasteiger partial charge in [0, 0.05) is 12.3 Å². The first-order chi connectivity index (χ1) is 12.7. The Morgan fingerprint density at radius 3 is 2.12 bits per heavy atom. The highest BCUT2D eigenvalue weighted by Crippen LogP contribution is 2.27. The molecule has 0 saturated heterocycles. The molecule has 2 unspecified atom stereocenters. The Bertz CT molecular complexity index is 772. The van der Waals surface area contributed by atoms with Gasteiger partial charge in [-0.05, 0) is 41.8 Å². The summed E-state index contributed by atoms with van der Waals surface area (Å²) >= 11 is 0. The van der Waals surface area contributed by atoms with Crippen molar-refractivity contribution >= 4 is 9.24 Å². The summed E-state index contributed by atoms with van der Waals surface area (Å²) in [4.78, 5) is 0. The van der Waals surface area contributed by atoms with Gasteiger partial charge >= 0.3 is 0 Å². The first-order valence-corrected chi connectivity index (χ1v) is 9.75. The van der Waals surface area contributed by atoms with Crippen LogP contribution in [0.1, 0.15) is 36.3 Å². The number of benzene rings is 3. The van der Waals surface area contributed by atoms with Crippen molar-refractivity contribution in [2.24, 2.45) is 0 Å². The van der Waals surface area contributed by atoms with E-state index in [0.717, 1.165) is 23.6 Å². The summed E-state index contributed by atoms with van der Waals surface area (Å²) in [6, 6.07) is 26.7. The number of aryl methyl sites for hydroxylation is 1. The van der Waals surface area contributed by atoms with Gasteiger partial charge in [0.05, 0.1) is 0 Å². The molecular formula is C23H28NOP. The van der Waals surface area contributed by atoms with Crippen LogP contribution in [0, 0.1) is 6.92 Å². The van der Waals surface area contributed by atoms with Crippen LogP contribution in [0.5, 0.6) is 11.5 Å². The van der Waals surface area contributed by atoms with E-state index in [2.05, 4.69) is 63.9 Å². The topological polar surface area (TPSA) is 21.3 Å². The fourth-order valence-electron chi connectivity index (χ4n) is 2.48. The van der Waals surface area contributed by atoms with E-state index in [9.17, 15) is 0 Å². The predicted octanol–water partition coefficient (Wildman–Crippen LogP) is 6.48. The van der Waals surface area contributed by atoms with Crippen molar-refractivity contribution < 1.29 is 4.74 Å². The molecule has 0 aliphatic carbocycles. The van der Waals surface area contributed by atoms with Gasteiger partial charge in [0.25, 0.3) is 0 Å². The van der Waals surface area contributed by atoms with Crippen molar-refractivity contribution in [3.8, 4) is 11.5 Å². The number of nitrogens with one attached hydrogen (secondary N) is 1. The molecular weight excluding hydrogens is 337 g/mol. The van der Waals surface area contributed by atoms with Crippen LogP contribution in [0.25, 0.3) is 0 Å². The molecule has 2 nitrogen and oxygen atoms in total. The maximum Gasteiger partial charge on any atom is 0.130 e. The Balaban J connectivity index is 0.00000117. The first kappa shape index (κ1) is 20.2. The zero-order valence-electron chi connectivity index (χ0n) is 15.8. The minimum atomic E-state index is 0.206. The summed E-state index contributed by atoms with van der Waals surface area (Å²) in [5.74, 6) is 1.96. The zero-order valence-corrected chi connectivity index (χ0v) is 16.9. The van der Waals surface area contributed by atoms with E-state index in [1.807, 2.05) is 50.2 Å². The number of para-hydroxylation sites is 1. The number of hydrogen-bond donors (Lipinski definition) is 1. The molecule has 3 rings (SSSR count). The first-order valence-electron chi connectivity index (χ1n) is 9.09. The van der Waals surface area contributed by atoms with Crippen LogP contribution in [0.3, 0.4) is 0 Å². The van der Waals surface area contributed by atoms with Gasteiger partial charge in [-0.1, -0.05) is 74.5 Å². The second-order valence-electron chi connectivity index (χ2n) is 5.78. The normalized spacial score (nSPS) is 11.2. The Hall–Kier alpha value is -2.15. The van der Waals surface area contributed by atoms with Gasteiger partial charge in [0.15, 0.2) is 0 Å². The zero-order chi connectivity index (χ0) is 18.8. The van der Waals surface area contributed by atoms with Crippen molar-refractivity contribution in [1.29, 1.82) is 0 Å². The molecule has 0 radical (unpaired) electrons. The quantitative estimate of drug-likeness (QED) is 0.505. The van der Waals surface area contributed by atoms with E-state index in [0.29, 0.717) is 0 Å². The standard InChI is InChI=1S/C21H22NOP.C2H6/c1-16-7-5-6-10-20(16)23-19-13-11-18(12-14-19)21(24)22-15-17-8-3-2-4-9-17;1-2/h2-14,21-22H,15,24H2,1H3;1-2H3. The lowest BCUT2D eigenvalue weighted by atomic mass is 10.2. The summed E-state index contributed by atoms with van der Waals surface area (Å²) in [5.41, 5.74) is 3.63. The van der Waals surface area contributed by atoms with Crippen molar-refractivity contribution in [1.82, 2.24) is 5.32 Å². The van der Waals surface area contributed by atoms with E-state index >= 15 is 0 Å². The van der Waals surface area contributed by atoms with Gasteiger partial charge in [0.2, 0.25) is 0 Å². The second-order valence-corrected chi connectivity index (χ2v) is 6.45. The lowest BCUT2D eigenvalue weighted by molar-refractivity contribution is 0.478. The van der Waals surface area contributed by atoms with Crippen LogP contribution in [-0.2, 0) is 6.54 Å². The van der Waals surface area contributed by atoms with E-state index in [-0.39, 0.29) is 5.78 Å². The third-order valence-corrected chi connectivity index (χ3v) is 4.55. The summed E-state index contributed by atoms with van der Waals surface area (Å²) in [7, 11) is 2.85. The second kappa shape index (κ2) is 10.8. The van der Waals surface area contributed by atoms with Crippen LogP contribution in [0.4, 0.5) is 0 Å². The molecule has 136 valence electrons. The summed E-state index contributed by atoms with van der Waals surface area (Å²) < 4.78 is 5.95. The minimum absolute atomic E-state index is 0.206. The maximum atomic E-state index is 5.95. The van der Waals surface area contributed by atoms with Gasteiger partial charge in [-0.25, -0.2) is 0 Å². The van der Waals surface area contributed by atoms with Crippen LogP contribution in [0.15, 0.2) is 78.9 Å². The predicted molar refractivity (Wildman–Crippen MR) is 115 cm³/mol. The van der Waals surface area contributed by atoms with Crippen LogP contribution >= 0.6 is 9.24 Å². The average Bonchev–Trinajstić information content (AvgIpc) is 2.71. The fraction of sp³-hybridized carbons (Fsp3) is 0.217. The number of hydrogen-bond acceptors (Lipinski definition) is 2. The van der Waals surface area contributed by atoms with Gasteiger partial charge in [-0.15, -0.1) is 9.24 Å². The van der Waals surface area contributed by atoms with Crippen molar-refractivity contribution in [3.63, 3.8) is 0 Å². The number of ether oxygens (including phenoxy) is 1. The Labute approximate surface area is 159 Å². The monoisotopic (exact) mass is 365 g/mol. The Morgan fingerprint density at radius 1 is 0.846 bits per heavy atom. The Morgan fingerprint density at radius 2 is 1.46 bits per heavy atom. The third kappa shape index (κ3) is 5.98. The van der Waals surface area contributed by atoms with E-state index in [1.165, 1.54) is 11.1 Å². The van der Waals surface area contributed by atoms with E-state index < -0.39 is 0 Å². The lowest BCUT2D eigenvalue weighted by Gasteiger charge is -2.15. The molecule has 0 fully saturated rings. The molecule has 0 aromatic heterocycles. The Kier molecular flexibility index (Phi) is 8.34. The van der Waals surface area contributed by atoms with Gasteiger partial charge in [-0.2, -0.15) is 0 Å². The molecule has 0 saturated carbocycles. The molecule has 3 heteroatoms. The summed E-state index contributed by atoms with van der Waals surface area (Å²) in [6.45, 7) is 6.90. The highest BCUT2D eigenvalue weighted by molar-refractivity contribution is 7.17. The van der Waals surface area contributed by atoms with Crippen LogP contribution in [-0.4, -0.2) is 0 Å².